The average Bonchev–Trinajstić information content (AvgIpc) is 3.09. The van der Waals surface area contributed by atoms with Gasteiger partial charge in [0, 0.05) is 36.4 Å². The first-order valence-electron chi connectivity index (χ1n) is 8.40. The van der Waals surface area contributed by atoms with Crippen LogP contribution in [0.15, 0.2) is 29.9 Å². The number of carbonyl (C=O) groups is 2. The number of ether oxygens (including phenoxy) is 1. The van der Waals surface area contributed by atoms with Gasteiger partial charge < -0.3 is 9.64 Å². The van der Waals surface area contributed by atoms with E-state index in [0.717, 1.165) is 36.5 Å². The van der Waals surface area contributed by atoms with Crippen molar-refractivity contribution in [3.63, 3.8) is 0 Å². The molecular formula is C18H21N3O3S. The van der Waals surface area contributed by atoms with Crippen LogP contribution in [0.25, 0.3) is 10.6 Å². The minimum Gasteiger partial charge on any atom is -0.455 e. The second-order valence-corrected chi connectivity index (χ2v) is 7.14. The van der Waals surface area contributed by atoms with Crippen LogP contribution in [0.2, 0.25) is 0 Å². The Bertz CT molecular complexity index is 724. The van der Waals surface area contributed by atoms with Gasteiger partial charge >= 0.3 is 5.97 Å². The van der Waals surface area contributed by atoms with Gasteiger partial charge in [0.25, 0.3) is 5.91 Å². The molecule has 25 heavy (non-hydrogen) atoms. The number of piperidine rings is 1. The molecule has 1 saturated heterocycles. The lowest BCUT2D eigenvalue weighted by molar-refractivity contribution is -0.152. The molecule has 0 atom stereocenters. The maximum atomic E-state index is 12.1. The topological polar surface area (TPSA) is 72.4 Å². The van der Waals surface area contributed by atoms with Crippen LogP contribution in [-0.4, -0.2) is 46.4 Å². The fourth-order valence-corrected chi connectivity index (χ4v) is 3.51. The molecule has 1 fully saturated rings. The van der Waals surface area contributed by atoms with Crippen LogP contribution in [0.5, 0.6) is 0 Å². The third kappa shape index (κ3) is 4.85. The molecular weight excluding hydrogens is 338 g/mol. The van der Waals surface area contributed by atoms with Crippen molar-refractivity contribution in [1.29, 1.82) is 0 Å². The van der Waals surface area contributed by atoms with Gasteiger partial charge in [0.2, 0.25) is 0 Å². The SMILES string of the molecule is CC1CCN(C(=O)COC(=O)Cc2csc(-c3cccnc3)n2)CC1. The highest BCUT2D eigenvalue weighted by molar-refractivity contribution is 7.13. The predicted molar refractivity (Wildman–Crippen MR) is 95.0 cm³/mol. The highest BCUT2D eigenvalue weighted by Crippen LogP contribution is 2.23. The molecule has 0 bridgehead atoms. The zero-order valence-corrected chi connectivity index (χ0v) is 15.0. The van der Waals surface area contributed by atoms with Gasteiger partial charge in [-0.3, -0.25) is 14.6 Å². The van der Waals surface area contributed by atoms with Crippen molar-refractivity contribution in [1.82, 2.24) is 14.9 Å². The van der Waals surface area contributed by atoms with Crippen molar-refractivity contribution < 1.29 is 14.3 Å². The molecule has 0 aliphatic carbocycles. The Kier molecular flexibility index (Phi) is 5.75. The van der Waals surface area contributed by atoms with Crippen LogP contribution in [0.3, 0.4) is 0 Å². The van der Waals surface area contributed by atoms with Crippen LogP contribution in [0.4, 0.5) is 0 Å². The first-order chi connectivity index (χ1) is 12.1. The molecule has 132 valence electrons. The Morgan fingerprint density at radius 1 is 1.36 bits per heavy atom. The maximum absolute atomic E-state index is 12.1. The van der Waals surface area contributed by atoms with Crippen molar-refractivity contribution in [3.8, 4) is 10.6 Å². The summed E-state index contributed by atoms with van der Waals surface area (Å²) in [7, 11) is 0. The standard InChI is InChI=1S/C18H21N3O3S/c1-13-4-7-21(8-5-13)16(22)11-24-17(23)9-15-12-25-18(20-15)14-3-2-6-19-10-14/h2-3,6,10,12-13H,4-5,7-9,11H2,1H3. The summed E-state index contributed by atoms with van der Waals surface area (Å²) in [5.41, 5.74) is 1.56. The Morgan fingerprint density at radius 2 is 2.16 bits per heavy atom. The molecule has 0 radical (unpaired) electrons. The zero-order chi connectivity index (χ0) is 17.6. The second-order valence-electron chi connectivity index (χ2n) is 6.29. The van der Waals surface area contributed by atoms with Gasteiger partial charge in [-0.2, -0.15) is 0 Å². The minimum absolute atomic E-state index is 0.0705. The summed E-state index contributed by atoms with van der Waals surface area (Å²) in [6.07, 6.45) is 5.53. The number of rotatable bonds is 5. The summed E-state index contributed by atoms with van der Waals surface area (Å²) in [6.45, 7) is 3.50. The number of amides is 1. The van der Waals surface area contributed by atoms with E-state index in [1.165, 1.54) is 11.3 Å². The van der Waals surface area contributed by atoms with Gasteiger partial charge in [-0.15, -0.1) is 11.3 Å². The molecule has 3 rings (SSSR count). The third-order valence-electron chi connectivity index (χ3n) is 4.28. The molecule has 0 spiro atoms. The molecule has 0 aromatic carbocycles. The van der Waals surface area contributed by atoms with Crippen LogP contribution < -0.4 is 0 Å². The number of likely N-dealkylation sites (tertiary alicyclic amines) is 1. The molecule has 1 aliphatic heterocycles. The normalized spacial score (nSPS) is 15.2. The van der Waals surface area contributed by atoms with Crippen molar-refractivity contribution >= 4 is 23.2 Å². The molecule has 2 aromatic rings. The minimum atomic E-state index is -0.429. The van der Waals surface area contributed by atoms with E-state index in [0.29, 0.717) is 11.6 Å². The monoisotopic (exact) mass is 359 g/mol. The van der Waals surface area contributed by atoms with E-state index in [2.05, 4.69) is 16.9 Å². The number of nitrogens with zero attached hydrogens (tertiary/aromatic N) is 3. The molecule has 6 nitrogen and oxygen atoms in total. The van der Waals surface area contributed by atoms with E-state index in [9.17, 15) is 9.59 Å². The summed E-state index contributed by atoms with van der Waals surface area (Å²) < 4.78 is 5.12. The van der Waals surface area contributed by atoms with Crippen LogP contribution >= 0.6 is 11.3 Å². The number of hydrogen-bond donors (Lipinski definition) is 0. The number of esters is 1. The number of thiazole rings is 1. The molecule has 2 aromatic heterocycles. The van der Waals surface area contributed by atoms with Gasteiger partial charge in [-0.1, -0.05) is 6.92 Å². The molecule has 0 saturated carbocycles. The third-order valence-corrected chi connectivity index (χ3v) is 5.22. The molecule has 1 aliphatic rings. The van der Waals surface area contributed by atoms with Crippen molar-refractivity contribution in [3.05, 3.63) is 35.6 Å². The fraction of sp³-hybridized carbons (Fsp3) is 0.444. The highest BCUT2D eigenvalue weighted by Gasteiger charge is 2.21. The maximum Gasteiger partial charge on any atom is 0.312 e. The first kappa shape index (κ1) is 17.5. The van der Waals surface area contributed by atoms with Gasteiger partial charge in [0.05, 0.1) is 12.1 Å². The zero-order valence-electron chi connectivity index (χ0n) is 14.2. The number of carbonyl (C=O) groups excluding carboxylic acids is 2. The molecule has 1 amide bonds. The van der Waals surface area contributed by atoms with E-state index in [1.54, 1.807) is 17.3 Å². The van der Waals surface area contributed by atoms with Gasteiger partial charge in [0.15, 0.2) is 6.61 Å². The Balaban J connectivity index is 1.47. The van der Waals surface area contributed by atoms with Crippen LogP contribution in [0, 0.1) is 5.92 Å². The Morgan fingerprint density at radius 3 is 2.88 bits per heavy atom. The number of pyridine rings is 1. The smallest absolute Gasteiger partial charge is 0.312 e. The summed E-state index contributed by atoms with van der Waals surface area (Å²) in [5, 5.41) is 2.65. The molecule has 3 heterocycles. The Hall–Kier alpha value is -2.28. The number of hydrogen-bond acceptors (Lipinski definition) is 6. The molecule has 0 unspecified atom stereocenters. The Labute approximate surface area is 150 Å². The molecule has 0 N–H and O–H groups in total. The fourth-order valence-electron chi connectivity index (χ4n) is 2.70. The lowest BCUT2D eigenvalue weighted by Gasteiger charge is -2.30. The summed E-state index contributed by atoms with van der Waals surface area (Å²) in [6, 6.07) is 3.77. The van der Waals surface area contributed by atoms with Crippen LogP contribution in [0.1, 0.15) is 25.5 Å². The van der Waals surface area contributed by atoms with Gasteiger partial charge in [-0.05, 0) is 30.9 Å². The largest absolute Gasteiger partial charge is 0.455 e. The van der Waals surface area contributed by atoms with Gasteiger partial charge in [0.1, 0.15) is 5.01 Å². The summed E-state index contributed by atoms with van der Waals surface area (Å²) in [4.78, 5) is 34.3. The van der Waals surface area contributed by atoms with E-state index < -0.39 is 5.97 Å². The second kappa shape index (κ2) is 8.20. The predicted octanol–water partition coefficient (Wildman–Crippen LogP) is 2.55. The van der Waals surface area contributed by atoms with E-state index in [-0.39, 0.29) is 18.9 Å². The van der Waals surface area contributed by atoms with Crippen molar-refractivity contribution in [2.24, 2.45) is 5.92 Å². The lowest BCUT2D eigenvalue weighted by Crippen LogP contribution is -2.40. The average molecular weight is 359 g/mol. The highest BCUT2D eigenvalue weighted by atomic mass is 32.1. The lowest BCUT2D eigenvalue weighted by atomic mass is 9.99. The van der Waals surface area contributed by atoms with Gasteiger partial charge in [-0.25, -0.2) is 4.98 Å². The van der Waals surface area contributed by atoms with Crippen LogP contribution in [-0.2, 0) is 20.7 Å². The quantitative estimate of drug-likeness (QED) is 0.767. The van der Waals surface area contributed by atoms with E-state index in [1.807, 2.05) is 17.5 Å². The van der Waals surface area contributed by atoms with Crippen molar-refractivity contribution in [2.45, 2.75) is 26.2 Å². The van der Waals surface area contributed by atoms with E-state index in [4.69, 9.17) is 4.74 Å². The van der Waals surface area contributed by atoms with E-state index >= 15 is 0 Å². The summed E-state index contributed by atoms with van der Waals surface area (Å²) >= 11 is 1.46. The van der Waals surface area contributed by atoms with Crippen molar-refractivity contribution in [2.75, 3.05) is 19.7 Å². The number of aromatic nitrogens is 2. The summed E-state index contributed by atoms with van der Waals surface area (Å²) in [5.74, 6) is 0.113. The first-order valence-corrected chi connectivity index (χ1v) is 9.28. The molecule has 7 heteroatoms.